The lowest BCUT2D eigenvalue weighted by Gasteiger charge is -2.30. The molecular weight excluding hydrogens is 195 g/mol. The molecule has 0 aliphatic heterocycles. The summed E-state index contributed by atoms with van der Waals surface area (Å²) in [6.07, 6.45) is 0.903. The van der Waals surface area contributed by atoms with Crippen molar-refractivity contribution in [3.05, 3.63) is 0 Å². The zero-order valence-corrected chi connectivity index (χ0v) is 10.9. The SMILES string of the molecule is CC.CCC(C)(C)CC(F)(CC)C(=O)O. The van der Waals surface area contributed by atoms with E-state index in [-0.39, 0.29) is 18.3 Å². The number of rotatable bonds is 5. The highest BCUT2D eigenvalue weighted by Gasteiger charge is 2.41. The third-order valence-electron chi connectivity index (χ3n) is 2.66. The van der Waals surface area contributed by atoms with Gasteiger partial charge in [0, 0.05) is 0 Å². The van der Waals surface area contributed by atoms with Gasteiger partial charge in [0.15, 0.2) is 0 Å². The fraction of sp³-hybridized carbons (Fsp3) is 0.917. The van der Waals surface area contributed by atoms with Crippen molar-refractivity contribution in [2.45, 2.75) is 66.5 Å². The Morgan fingerprint density at radius 3 is 1.80 bits per heavy atom. The Balaban J connectivity index is 0. The van der Waals surface area contributed by atoms with Crippen LogP contribution in [0.3, 0.4) is 0 Å². The second-order valence-electron chi connectivity index (χ2n) is 4.32. The molecule has 0 aliphatic rings. The van der Waals surface area contributed by atoms with Gasteiger partial charge < -0.3 is 5.11 Å². The summed E-state index contributed by atoms with van der Waals surface area (Å²) in [5, 5.41) is 8.72. The summed E-state index contributed by atoms with van der Waals surface area (Å²) in [5.74, 6) is -1.34. The van der Waals surface area contributed by atoms with E-state index in [0.29, 0.717) is 0 Å². The summed E-state index contributed by atoms with van der Waals surface area (Å²) in [7, 11) is 0. The van der Waals surface area contributed by atoms with E-state index in [1.54, 1.807) is 6.92 Å². The van der Waals surface area contributed by atoms with Crippen LogP contribution in [-0.2, 0) is 4.79 Å². The Morgan fingerprint density at radius 1 is 1.20 bits per heavy atom. The van der Waals surface area contributed by atoms with Crippen molar-refractivity contribution >= 4 is 5.97 Å². The molecule has 2 nitrogen and oxygen atoms in total. The summed E-state index contributed by atoms with van der Waals surface area (Å²) in [6, 6.07) is 0. The first-order valence-corrected chi connectivity index (χ1v) is 5.70. The predicted molar refractivity (Wildman–Crippen MR) is 61.8 cm³/mol. The van der Waals surface area contributed by atoms with Crippen LogP contribution in [0, 0.1) is 5.41 Å². The van der Waals surface area contributed by atoms with Gasteiger partial charge in [-0.15, -0.1) is 0 Å². The maximum atomic E-state index is 13.7. The molecule has 1 unspecified atom stereocenters. The molecule has 0 saturated carbocycles. The van der Waals surface area contributed by atoms with Gasteiger partial charge in [0.1, 0.15) is 0 Å². The molecule has 0 amide bonds. The summed E-state index contributed by atoms with van der Waals surface area (Å²) in [5.41, 5.74) is -2.30. The predicted octanol–water partition coefficient (Wildman–Crippen LogP) is 4.04. The van der Waals surface area contributed by atoms with Gasteiger partial charge in [0.05, 0.1) is 0 Å². The van der Waals surface area contributed by atoms with E-state index in [1.807, 2.05) is 34.6 Å². The van der Waals surface area contributed by atoms with Gasteiger partial charge in [-0.1, -0.05) is 48.0 Å². The molecule has 0 spiro atoms. The standard InChI is InChI=1S/C10H19FO2.C2H6/c1-5-9(3,4)7-10(11,6-2)8(12)13;1-2/h5-7H2,1-4H3,(H,12,13);1-2H3. The van der Waals surface area contributed by atoms with Crippen LogP contribution in [0.5, 0.6) is 0 Å². The molecular formula is C12H25FO2. The second kappa shape index (κ2) is 6.81. The van der Waals surface area contributed by atoms with Crippen LogP contribution in [0.4, 0.5) is 4.39 Å². The molecule has 0 aromatic heterocycles. The fourth-order valence-electron chi connectivity index (χ4n) is 1.24. The quantitative estimate of drug-likeness (QED) is 0.759. The maximum Gasteiger partial charge on any atom is 0.341 e. The molecule has 92 valence electrons. The second-order valence-corrected chi connectivity index (χ2v) is 4.32. The van der Waals surface area contributed by atoms with Crippen LogP contribution < -0.4 is 0 Å². The van der Waals surface area contributed by atoms with Crippen molar-refractivity contribution in [2.75, 3.05) is 0 Å². The number of aliphatic carboxylic acids is 1. The number of hydrogen-bond donors (Lipinski definition) is 1. The lowest BCUT2D eigenvalue weighted by atomic mass is 9.78. The smallest absolute Gasteiger partial charge is 0.341 e. The van der Waals surface area contributed by atoms with Gasteiger partial charge in [0.2, 0.25) is 5.67 Å². The van der Waals surface area contributed by atoms with Crippen molar-refractivity contribution < 1.29 is 14.3 Å². The molecule has 1 N–H and O–H groups in total. The zero-order chi connectivity index (χ0) is 12.7. The van der Waals surface area contributed by atoms with Crippen LogP contribution in [-0.4, -0.2) is 16.7 Å². The number of alkyl halides is 1. The molecule has 1 atom stereocenters. The van der Waals surface area contributed by atoms with Gasteiger partial charge in [-0.05, 0) is 18.3 Å². The number of hydrogen-bond acceptors (Lipinski definition) is 1. The van der Waals surface area contributed by atoms with E-state index in [9.17, 15) is 9.18 Å². The fourth-order valence-corrected chi connectivity index (χ4v) is 1.24. The van der Waals surface area contributed by atoms with Crippen molar-refractivity contribution in [1.29, 1.82) is 0 Å². The van der Waals surface area contributed by atoms with Crippen molar-refractivity contribution in [1.82, 2.24) is 0 Å². The molecule has 0 bridgehead atoms. The Hall–Kier alpha value is -0.600. The van der Waals surface area contributed by atoms with Gasteiger partial charge >= 0.3 is 5.97 Å². The first-order valence-electron chi connectivity index (χ1n) is 5.70. The van der Waals surface area contributed by atoms with Gasteiger partial charge in [-0.25, -0.2) is 9.18 Å². The van der Waals surface area contributed by atoms with E-state index in [1.165, 1.54) is 0 Å². The van der Waals surface area contributed by atoms with Crippen LogP contribution in [0.2, 0.25) is 0 Å². The molecule has 0 saturated heterocycles. The molecule has 0 fully saturated rings. The normalized spacial score (nSPS) is 14.9. The van der Waals surface area contributed by atoms with E-state index in [0.717, 1.165) is 6.42 Å². The molecule has 0 aliphatic carbocycles. The molecule has 0 aromatic rings. The lowest BCUT2D eigenvalue weighted by molar-refractivity contribution is -0.153. The Kier molecular flexibility index (Phi) is 7.63. The third kappa shape index (κ3) is 5.75. The molecule has 0 aromatic carbocycles. The monoisotopic (exact) mass is 220 g/mol. The highest BCUT2D eigenvalue weighted by Crippen LogP contribution is 2.35. The highest BCUT2D eigenvalue weighted by molar-refractivity contribution is 5.77. The summed E-state index contributed by atoms with van der Waals surface area (Å²) >= 11 is 0. The third-order valence-corrected chi connectivity index (χ3v) is 2.66. The van der Waals surface area contributed by atoms with Crippen LogP contribution in [0.25, 0.3) is 0 Å². The average Bonchev–Trinajstić information content (AvgIpc) is 2.20. The Bertz CT molecular complexity index is 190. The number of halogens is 1. The Morgan fingerprint density at radius 2 is 1.60 bits per heavy atom. The molecule has 0 rings (SSSR count). The average molecular weight is 220 g/mol. The van der Waals surface area contributed by atoms with Gasteiger partial charge in [-0.2, -0.15) is 0 Å². The first kappa shape index (κ1) is 16.8. The van der Waals surface area contributed by atoms with E-state index in [2.05, 4.69) is 0 Å². The zero-order valence-electron chi connectivity index (χ0n) is 10.9. The van der Waals surface area contributed by atoms with Crippen LogP contribution >= 0.6 is 0 Å². The number of carboxylic acids is 1. The lowest BCUT2D eigenvalue weighted by Crippen LogP contribution is -2.37. The van der Waals surface area contributed by atoms with Crippen molar-refractivity contribution in [3.63, 3.8) is 0 Å². The number of carboxylic acid groups (broad SMARTS) is 1. The van der Waals surface area contributed by atoms with Crippen molar-refractivity contribution in [3.8, 4) is 0 Å². The van der Waals surface area contributed by atoms with Crippen LogP contribution in [0.1, 0.15) is 60.8 Å². The van der Waals surface area contributed by atoms with Gasteiger partial charge in [0.25, 0.3) is 0 Å². The van der Waals surface area contributed by atoms with Crippen molar-refractivity contribution in [2.24, 2.45) is 5.41 Å². The van der Waals surface area contributed by atoms with E-state index >= 15 is 0 Å². The Labute approximate surface area is 92.9 Å². The molecule has 0 radical (unpaired) electrons. The summed E-state index contributed by atoms with van der Waals surface area (Å²) in [6.45, 7) is 11.3. The van der Waals surface area contributed by atoms with E-state index < -0.39 is 11.6 Å². The molecule has 3 heteroatoms. The minimum Gasteiger partial charge on any atom is -0.479 e. The number of carbonyl (C=O) groups is 1. The maximum absolute atomic E-state index is 13.7. The summed E-state index contributed by atoms with van der Waals surface area (Å²) in [4.78, 5) is 10.7. The first-order chi connectivity index (χ1) is 6.77. The molecule has 15 heavy (non-hydrogen) atoms. The topological polar surface area (TPSA) is 37.3 Å². The van der Waals surface area contributed by atoms with E-state index in [4.69, 9.17) is 5.11 Å². The van der Waals surface area contributed by atoms with Crippen LogP contribution in [0.15, 0.2) is 0 Å². The largest absolute Gasteiger partial charge is 0.479 e. The minimum absolute atomic E-state index is 0.0335. The summed E-state index contributed by atoms with van der Waals surface area (Å²) < 4.78 is 13.7. The minimum atomic E-state index is -2.06. The molecule has 0 heterocycles. The van der Waals surface area contributed by atoms with Gasteiger partial charge in [-0.3, -0.25) is 0 Å². The highest BCUT2D eigenvalue weighted by atomic mass is 19.1.